The molecule has 1 amide bonds. The third-order valence-electron chi connectivity index (χ3n) is 7.52. The van der Waals surface area contributed by atoms with Gasteiger partial charge in [0.05, 0.1) is 16.5 Å². The lowest BCUT2D eigenvalue weighted by Crippen LogP contribution is -2.29. The molecule has 47 heavy (non-hydrogen) atoms. The van der Waals surface area contributed by atoms with E-state index in [1.165, 1.54) is 40.9 Å². The van der Waals surface area contributed by atoms with Crippen LogP contribution < -0.4 is 9.64 Å². The number of Topliss-reactive ketones (excluding diaryl/α,β-unsaturated/α-hetero) is 1. The second-order valence-corrected chi connectivity index (χ2v) is 13.1. The molecule has 236 valence electrons. The number of aryl methyl sites for hydroxylation is 1. The van der Waals surface area contributed by atoms with Gasteiger partial charge in [0, 0.05) is 28.5 Å². The van der Waals surface area contributed by atoms with Crippen LogP contribution in [0.1, 0.15) is 33.9 Å². The third-order valence-corrected chi connectivity index (χ3v) is 9.90. The summed E-state index contributed by atoms with van der Waals surface area (Å²) in [5.74, 6) is -1.10. The van der Waals surface area contributed by atoms with Gasteiger partial charge >= 0.3 is 5.91 Å². The van der Waals surface area contributed by atoms with E-state index in [1.54, 1.807) is 36.4 Å². The Morgan fingerprint density at radius 2 is 1.70 bits per heavy atom. The zero-order chi connectivity index (χ0) is 33.1. The number of nitro groups is 1. The Morgan fingerprint density at radius 1 is 1.00 bits per heavy atom. The van der Waals surface area contributed by atoms with Gasteiger partial charge in [0.2, 0.25) is 5.13 Å². The minimum Gasteiger partial charge on any atom is -0.507 e. The first-order valence-electron chi connectivity index (χ1n) is 14.2. The van der Waals surface area contributed by atoms with Gasteiger partial charge in [-0.15, -0.1) is 10.2 Å². The number of nitrogens with zero attached hydrogens (tertiary/aromatic N) is 4. The predicted octanol–water partition coefficient (Wildman–Crippen LogP) is 7.91. The molecule has 0 radical (unpaired) electrons. The number of thioether (sulfide) groups is 1. The zero-order valence-electron chi connectivity index (χ0n) is 24.7. The summed E-state index contributed by atoms with van der Waals surface area (Å²) in [6, 6.07) is 26.1. The molecule has 1 unspecified atom stereocenters. The first-order chi connectivity index (χ1) is 22.7. The summed E-state index contributed by atoms with van der Waals surface area (Å²) in [4.78, 5) is 39.1. The van der Waals surface area contributed by atoms with Gasteiger partial charge in [-0.05, 0) is 77.7 Å². The molecule has 13 heteroatoms. The Labute approximate surface area is 282 Å². The number of carbonyl (C=O) groups excluding carboxylic acids is 2. The molecule has 0 spiro atoms. The van der Waals surface area contributed by atoms with Gasteiger partial charge in [0.1, 0.15) is 18.1 Å². The van der Waals surface area contributed by atoms with Crippen molar-refractivity contribution >= 4 is 63.0 Å². The molecule has 6 rings (SSSR count). The Bertz CT molecular complexity index is 2000. The number of amides is 1. The molecule has 10 nitrogen and oxygen atoms in total. The van der Waals surface area contributed by atoms with Crippen LogP contribution >= 0.6 is 34.7 Å². The van der Waals surface area contributed by atoms with Crippen molar-refractivity contribution in [3.8, 4) is 5.75 Å². The van der Waals surface area contributed by atoms with Gasteiger partial charge in [-0.1, -0.05) is 71.1 Å². The van der Waals surface area contributed by atoms with Crippen LogP contribution in [0, 0.1) is 17.0 Å². The quantitative estimate of drug-likeness (QED) is 0.0296. The van der Waals surface area contributed by atoms with Crippen molar-refractivity contribution in [2.75, 3.05) is 4.90 Å². The molecule has 0 saturated carbocycles. The average Bonchev–Trinajstić information content (AvgIpc) is 3.65. The number of nitro benzene ring substituents is 1. The fourth-order valence-corrected chi connectivity index (χ4v) is 6.95. The smallest absolute Gasteiger partial charge is 0.301 e. The van der Waals surface area contributed by atoms with E-state index in [2.05, 4.69) is 10.2 Å². The van der Waals surface area contributed by atoms with Crippen LogP contribution in [0.2, 0.25) is 5.02 Å². The van der Waals surface area contributed by atoms with Gasteiger partial charge in [0.15, 0.2) is 4.34 Å². The molecule has 1 aliphatic heterocycles. The van der Waals surface area contributed by atoms with Crippen molar-refractivity contribution in [2.24, 2.45) is 0 Å². The highest BCUT2D eigenvalue weighted by Crippen LogP contribution is 2.44. The maximum atomic E-state index is 13.6. The SMILES string of the molecule is Cc1ccccc1COc1ccc(C(O)=C2C(=O)C(=O)N(c3nnc(SCc4ccc(Cl)cc4)s3)C2c2ccc([N+](=O)[O-])cc2)cc1. The number of carbonyl (C=O) groups is 2. The lowest BCUT2D eigenvalue weighted by atomic mass is 9.95. The lowest BCUT2D eigenvalue weighted by Gasteiger charge is -2.22. The normalized spacial score (nSPS) is 15.6. The summed E-state index contributed by atoms with van der Waals surface area (Å²) in [7, 11) is 0. The summed E-state index contributed by atoms with van der Waals surface area (Å²) in [6.07, 6.45) is 0. The highest BCUT2D eigenvalue weighted by atomic mass is 35.5. The molecule has 1 saturated heterocycles. The van der Waals surface area contributed by atoms with E-state index >= 15 is 0 Å². The van der Waals surface area contributed by atoms with E-state index in [0.717, 1.165) is 28.0 Å². The molecular weight excluding hydrogens is 660 g/mol. The lowest BCUT2D eigenvalue weighted by molar-refractivity contribution is -0.384. The number of non-ortho nitro benzene ring substituents is 1. The second kappa shape index (κ2) is 13.8. The third kappa shape index (κ3) is 6.89. The maximum Gasteiger partial charge on any atom is 0.301 e. The number of rotatable bonds is 10. The number of ketones is 1. The van der Waals surface area contributed by atoms with Crippen molar-refractivity contribution < 1.29 is 24.4 Å². The van der Waals surface area contributed by atoms with Crippen molar-refractivity contribution in [3.05, 3.63) is 146 Å². The Hall–Kier alpha value is -5.04. The molecular formula is C34H25ClN4O6S2. The van der Waals surface area contributed by atoms with Crippen LogP contribution in [0.4, 0.5) is 10.8 Å². The zero-order valence-corrected chi connectivity index (χ0v) is 27.1. The highest BCUT2D eigenvalue weighted by Gasteiger charge is 2.48. The molecule has 1 aliphatic rings. The van der Waals surface area contributed by atoms with E-state index in [0.29, 0.717) is 33.0 Å². The molecule has 0 aliphatic carbocycles. The number of aliphatic hydroxyl groups is 1. The van der Waals surface area contributed by atoms with Gasteiger partial charge in [-0.2, -0.15) is 0 Å². The number of anilines is 1. The first kappa shape index (κ1) is 31.9. The molecule has 0 bridgehead atoms. The largest absolute Gasteiger partial charge is 0.507 e. The van der Waals surface area contributed by atoms with Gasteiger partial charge in [0.25, 0.3) is 11.5 Å². The first-order valence-corrected chi connectivity index (χ1v) is 16.4. The number of ether oxygens (including phenoxy) is 1. The Morgan fingerprint density at radius 3 is 2.38 bits per heavy atom. The molecule has 1 N–H and O–H groups in total. The molecule has 1 atom stereocenters. The molecule has 1 fully saturated rings. The van der Waals surface area contributed by atoms with Crippen molar-refractivity contribution in [2.45, 2.75) is 29.7 Å². The summed E-state index contributed by atoms with van der Waals surface area (Å²) >= 11 is 8.51. The molecule has 1 aromatic heterocycles. The van der Waals surface area contributed by atoms with E-state index in [9.17, 15) is 24.8 Å². The summed E-state index contributed by atoms with van der Waals surface area (Å²) in [6.45, 7) is 2.35. The monoisotopic (exact) mass is 684 g/mol. The summed E-state index contributed by atoms with van der Waals surface area (Å²) in [5.41, 5.74) is 3.46. The topological polar surface area (TPSA) is 136 Å². The maximum absolute atomic E-state index is 13.6. The number of hydrogen-bond acceptors (Lipinski definition) is 10. The van der Waals surface area contributed by atoms with Crippen LogP contribution in [-0.2, 0) is 21.9 Å². The molecule has 5 aromatic rings. The Kier molecular flexibility index (Phi) is 9.34. The number of hydrogen-bond donors (Lipinski definition) is 1. The van der Waals surface area contributed by atoms with Crippen molar-refractivity contribution in [3.63, 3.8) is 0 Å². The van der Waals surface area contributed by atoms with Crippen LogP contribution in [0.3, 0.4) is 0 Å². The van der Waals surface area contributed by atoms with E-state index in [4.69, 9.17) is 16.3 Å². The van der Waals surface area contributed by atoms with Gasteiger partial charge in [-0.25, -0.2) is 0 Å². The highest BCUT2D eigenvalue weighted by molar-refractivity contribution is 8.00. The minimum absolute atomic E-state index is 0.146. The van der Waals surface area contributed by atoms with Crippen LogP contribution in [-0.4, -0.2) is 31.9 Å². The Balaban J connectivity index is 1.31. The fourth-order valence-electron chi connectivity index (χ4n) is 5.01. The second-order valence-electron chi connectivity index (χ2n) is 10.5. The van der Waals surface area contributed by atoms with Crippen molar-refractivity contribution in [1.82, 2.24) is 10.2 Å². The number of aliphatic hydroxyl groups excluding tert-OH is 1. The summed E-state index contributed by atoms with van der Waals surface area (Å²) < 4.78 is 6.48. The fraction of sp³-hybridized carbons (Fsp3) is 0.118. The van der Waals surface area contributed by atoms with Crippen LogP contribution in [0.15, 0.2) is 107 Å². The number of halogens is 1. The van der Waals surface area contributed by atoms with Gasteiger partial charge in [-0.3, -0.25) is 24.6 Å². The minimum atomic E-state index is -1.12. The van der Waals surface area contributed by atoms with E-state index < -0.39 is 28.4 Å². The van der Waals surface area contributed by atoms with E-state index in [1.807, 2.05) is 43.3 Å². The molecule has 4 aromatic carbocycles. The predicted molar refractivity (Wildman–Crippen MR) is 181 cm³/mol. The summed E-state index contributed by atoms with van der Waals surface area (Å²) in [5, 5.41) is 32.0. The van der Waals surface area contributed by atoms with Crippen molar-refractivity contribution in [1.29, 1.82) is 0 Å². The van der Waals surface area contributed by atoms with Gasteiger partial charge < -0.3 is 9.84 Å². The average molecular weight is 685 g/mol. The van der Waals surface area contributed by atoms with Crippen LogP contribution in [0.5, 0.6) is 5.75 Å². The number of aromatic nitrogens is 2. The molecule has 2 heterocycles. The van der Waals surface area contributed by atoms with Crippen LogP contribution in [0.25, 0.3) is 5.76 Å². The standard InChI is InChI=1S/C34H25ClN4O6S2/c1-20-4-2-3-5-24(20)18-45-27-16-10-23(11-17-27)30(40)28-29(22-8-14-26(15-9-22)39(43)44)38(32(42)31(28)41)33-36-37-34(47-33)46-19-21-6-12-25(35)13-7-21/h2-17,29,40H,18-19H2,1H3. The number of benzene rings is 4. The van der Waals surface area contributed by atoms with E-state index in [-0.39, 0.29) is 22.0 Å².